The molecule has 152 valence electrons. The van der Waals surface area contributed by atoms with Crippen LogP contribution in [0.4, 0.5) is 5.69 Å². The first-order valence-electron chi connectivity index (χ1n) is 9.45. The molecule has 1 aromatic heterocycles. The van der Waals surface area contributed by atoms with Crippen molar-refractivity contribution in [3.63, 3.8) is 0 Å². The second-order valence-corrected chi connectivity index (χ2v) is 9.68. The van der Waals surface area contributed by atoms with E-state index >= 15 is 0 Å². The number of carbonyl (C=O) groups excluding carboxylic acids is 2. The normalized spacial score (nSPS) is 18.2. The summed E-state index contributed by atoms with van der Waals surface area (Å²) in [4.78, 5) is 40.8. The number of aryl methyl sites for hydroxylation is 1. The molecule has 0 unspecified atom stereocenters. The quantitative estimate of drug-likeness (QED) is 0.545. The maximum Gasteiger partial charge on any atom is 0.273 e. The molecule has 0 bridgehead atoms. The van der Waals surface area contributed by atoms with E-state index in [-0.39, 0.29) is 22.4 Å². The van der Waals surface area contributed by atoms with Gasteiger partial charge in [0.1, 0.15) is 0 Å². The third-order valence-electron chi connectivity index (χ3n) is 5.64. The van der Waals surface area contributed by atoms with Gasteiger partial charge < -0.3 is 9.80 Å². The van der Waals surface area contributed by atoms with Gasteiger partial charge in [-0.1, -0.05) is 12.1 Å². The van der Waals surface area contributed by atoms with Gasteiger partial charge in [0.05, 0.1) is 14.7 Å². The van der Waals surface area contributed by atoms with Crippen LogP contribution in [0.15, 0.2) is 35.7 Å². The molecule has 9 heteroatoms. The Labute approximate surface area is 176 Å². The average Bonchev–Trinajstić information content (AvgIpc) is 3.38. The summed E-state index contributed by atoms with van der Waals surface area (Å²) in [7, 11) is 0. The first-order chi connectivity index (χ1) is 13.9. The number of benzene rings is 1. The van der Waals surface area contributed by atoms with E-state index in [9.17, 15) is 19.7 Å². The molecule has 2 saturated heterocycles. The molecule has 1 spiro atoms. The monoisotopic (exact) mass is 431 g/mol. The molecule has 2 aliphatic rings. The summed E-state index contributed by atoms with van der Waals surface area (Å²) in [6, 6.07) is 8.36. The van der Waals surface area contributed by atoms with Gasteiger partial charge in [-0.3, -0.25) is 19.7 Å². The zero-order valence-corrected chi connectivity index (χ0v) is 17.6. The number of rotatable bonds is 3. The summed E-state index contributed by atoms with van der Waals surface area (Å²) in [5.41, 5.74) is 0.835. The van der Waals surface area contributed by atoms with Crippen molar-refractivity contribution in [2.75, 3.05) is 25.4 Å². The number of thioether (sulfide) groups is 1. The van der Waals surface area contributed by atoms with E-state index in [0.717, 1.165) is 17.2 Å². The summed E-state index contributed by atoms with van der Waals surface area (Å²) in [6.07, 6.45) is 1.41. The van der Waals surface area contributed by atoms with Crippen LogP contribution in [0.5, 0.6) is 0 Å². The summed E-state index contributed by atoms with van der Waals surface area (Å²) < 4.78 is 0. The van der Waals surface area contributed by atoms with Crippen molar-refractivity contribution in [2.24, 2.45) is 0 Å². The Hall–Kier alpha value is -2.39. The first kappa shape index (κ1) is 19.9. The maximum atomic E-state index is 12.9. The maximum absolute atomic E-state index is 12.9. The summed E-state index contributed by atoms with van der Waals surface area (Å²) in [5.74, 6) is 0.774. The van der Waals surface area contributed by atoms with Gasteiger partial charge in [-0.25, -0.2) is 0 Å². The molecular weight excluding hydrogens is 410 g/mol. The van der Waals surface area contributed by atoms with Crippen LogP contribution in [0.2, 0.25) is 0 Å². The molecule has 29 heavy (non-hydrogen) atoms. The number of thiophene rings is 1. The largest absolute Gasteiger partial charge is 0.338 e. The molecule has 3 heterocycles. The Morgan fingerprint density at radius 2 is 1.90 bits per heavy atom. The minimum Gasteiger partial charge on any atom is -0.338 e. The highest BCUT2D eigenvalue weighted by Crippen LogP contribution is 2.45. The van der Waals surface area contributed by atoms with Crippen molar-refractivity contribution >= 4 is 40.6 Å². The number of nitro groups is 1. The molecule has 7 nitrogen and oxygen atoms in total. The number of hydrogen-bond acceptors (Lipinski definition) is 6. The first-order valence-corrected chi connectivity index (χ1v) is 11.3. The lowest BCUT2D eigenvalue weighted by Gasteiger charge is -2.44. The van der Waals surface area contributed by atoms with Gasteiger partial charge in [0.2, 0.25) is 0 Å². The van der Waals surface area contributed by atoms with E-state index < -0.39 is 4.92 Å². The molecular formula is C20H21N3O4S2. The van der Waals surface area contributed by atoms with E-state index in [1.807, 2.05) is 22.4 Å². The molecule has 0 aliphatic carbocycles. The van der Waals surface area contributed by atoms with Crippen LogP contribution in [0.1, 0.15) is 38.4 Å². The predicted octanol–water partition coefficient (Wildman–Crippen LogP) is 3.79. The van der Waals surface area contributed by atoms with Gasteiger partial charge in [0.15, 0.2) is 0 Å². The van der Waals surface area contributed by atoms with Crippen LogP contribution in [-0.2, 0) is 0 Å². The fourth-order valence-corrected chi connectivity index (χ4v) is 6.15. The molecule has 0 radical (unpaired) electrons. The fourth-order valence-electron chi connectivity index (χ4n) is 4.02. The number of nitrogens with zero attached hydrogens (tertiary/aromatic N) is 3. The van der Waals surface area contributed by atoms with Crippen LogP contribution < -0.4 is 0 Å². The lowest BCUT2D eigenvalue weighted by Crippen LogP contribution is -2.53. The van der Waals surface area contributed by atoms with E-state index in [1.165, 1.54) is 17.4 Å². The van der Waals surface area contributed by atoms with Gasteiger partial charge in [0.25, 0.3) is 17.5 Å². The summed E-state index contributed by atoms with van der Waals surface area (Å²) in [6.45, 7) is 3.44. The molecule has 0 saturated carbocycles. The predicted molar refractivity (Wildman–Crippen MR) is 114 cm³/mol. The van der Waals surface area contributed by atoms with Gasteiger partial charge in [-0.2, -0.15) is 0 Å². The van der Waals surface area contributed by atoms with Gasteiger partial charge in [0, 0.05) is 42.6 Å². The van der Waals surface area contributed by atoms with E-state index in [0.29, 0.717) is 37.1 Å². The molecule has 2 aromatic rings. The molecule has 2 aliphatic heterocycles. The Balaban J connectivity index is 1.47. The Morgan fingerprint density at radius 1 is 1.14 bits per heavy atom. The zero-order chi connectivity index (χ0) is 20.6. The van der Waals surface area contributed by atoms with Gasteiger partial charge in [-0.15, -0.1) is 23.1 Å². The molecule has 0 atom stereocenters. The number of hydrogen-bond donors (Lipinski definition) is 0. The lowest BCUT2D eigenvalue weighted by molar-refractivity contribution is -0.385. The van der Waals surface area contributed by atoms with Crippen molar-refractivity contribution in [2.45, 2.75) is 24.6 Å². The third kappa shape index (κ3) is 3.64. The topological polar surface area (TPSA) is 83.8 Å². The number of likely N-dealkylation sites (tertiary alicyclic amines) is 1. The minimum absolute atomic E-state index is 0.0385. The SMILES string of the molecule is Cc1ccc(C(=O)N2CCC3(CC2)SCCN3C(=O)c2cccs2)cc1[N+](=O)[O-]. The highest BCUT2D eigenvalue weighted by atomic mass is 32.2. The zero-order valence-electron chi connectivity index (χ0n) is 16.0. The highest BCUT2D eigenvalue weighted by molar-refractivity contribution is 8.00. The second kappa shape index (κ2) is 7.79. The van der Waals surface area contributed by atoms with Crippen molar-refractivity contribution in [3.8, 4) is 0 Å². The van der Waals surface area contributed by atoms with Crippen molar-refractivity contribution in [1.82, 2.24) is 9.80 Å². The highest BCUT2D eigenvalue weighted by Gasteiger charge is 2.47. The summed E-state index contributed by atoms with van der Waals surface area (Å²) in [5, 5.41) is 13.1. The lowest BCUT2D eigenvalue weighted by atomic mass is 10.0. The van der Waals surface area contributed by atoms with E-state index in [2.05, 4.69) is 0 Å². The van der Waals surface area contributed by atoms with Crippen LogP contribution in [0, 0.1) is 17.0 Å². The van der Waals surface area contributed by atoms with Crippen LogP contribution in [0.25, 0.3) is 0 Å². The molecule has 0 N–H and O–H groups in total. The van der Waals surface area contributed by atoms with Crippen LogP contribution in [-0.4, -0.2) is 56.8 Å². The molecule has 1 aromatic carbocycles. The number of nitro benzene ring substituents is 1. The van der Waals surface area contributed by atoms with Crippen LogP contribution >= 0.6 is 23.1 Å². The van der Waals surface area contributed by atoms with E-state index in [1.54, 1.807) is 35.7 Å². The summed E-state index contributed by atoms with van der Waals surface area (Å²) >= 11 is 3.25. The Bertz CT molecular complexity index is 953. The smallest absolute Gasteiger partial charge is 0.273 e. The molecule has 2 fully saturated rings. The van der Waals surface area contributed by atoms with E-state index in [4.69, 9.17) is 0 Å². The Kier molecular flexibility index (Phi) is 5.35. The Morgan fingerprint density at radius 3 is 2.55 bits per heavy atom. The molecule has 4 rings (SSSR count). The van der Waals surface area contributed by atoms with Crippen molar-refractivity contribution < 1.29 is 14.5 Å². The average molecular weight is 432 g/mol. The van der Waals surface area contributed by atoms with Gasteiger partial charge >= 0.3 is 0 Å². The van der Waals surface area contributed by atoms with Crippen LogP contribution in [0.3, 0.4) is 0 Å². The van der Waals surface area contributed by atoms with Gasteiger partial charge in [-0.05, 0) is 37.3 Å². The number of amides is 2. The fraction of sp³-hybridized carbons (Fsp3) is 0.400. The minimum atomic E-state index is -0.458. The van der Waals surface area contributed by atoms with Crippen molar-refractivity contribution in [1.29, 1.82) is 0 Å². The second-order valence-electron chi connectivity index (χ2n) is 7.28. The van der Waals surface area contributed by atoms with Crippen molar-refractivity contribution in [3.05, 3.63) is 61.8 Å². The number of carbonyl (C=O) groups is 2. The third-order valence-corrected chi connectivity index (χ3v) is 8.05. The number of piperidine rings is 1. The molecule has 2 amide bonds. The standard InChI is InChI=1S/C20H21N3O4S2/c1-14-4-5-15(13-16(14)23(26)27)18(24)21-8-6-20(7-9-21)22(10-12-29-20)19(25)17-3-2-11-28-17/h2-5,11,13H,6-10,12H2,1H3.